The first-order chi connectivity index (χ1) is 12.3. The summed E-state index contributed by atoms with van der Waals surface area (Å²) >= 11 is 0. The first-order valence-electron chi connectivity index (χ1n) is 9.20. The van der Waals surface area contributed by atoms with Crippen molar-refractivity contribution >= 4 is 21.8 Å². The zero-order chi connectivity index (χ0) is 18.8. The van der Waals surface area contributed by atoms with Crippen LogP contribution >= 0.6 is 0 Å². The van der Waals surface area contributed by atoms with Crippen LogP contribution in [0.25, 0.3) is 6.08 Å². The Hall–Kier alpha value is -1.66. The van der Waals surface area contributed by atoms with E-state index in [2.05, 4.69) is 31.3 Å². The lowest BCUT2D eigenvalue weighted by Crippen LogP contribution is -2.49. The third-order valence-corrected chi connectivity index (χ3v) is 7.01. The van der Waals surface area contributed by atoms with Gasteiger partial charge in [-0.1, -0.05) is 38.1 Å². The predicted molar refractivity (Wildman–Crippen MR) is 103 cm³/mol. The van der Waals surface area contributed by atoms with E-state index in [4.69, 9.17) is 4.74 Å². The minimum absolute atomic E-state index is 0.0440. The van der Waals surface area contributed by atoms with E-state index in [1.807, 2.05) is 12.1 Å². The molecule has 6 heteroatoms. The van der Waals surface area contributed by atoms with E-state index in [1.54, 1.807) is 6.08 Å². The molecule has 142 valence electrons. The molecular weight excluding hydrogens is 350 g/mol. The molecule has 2 atom stereocenters. The van der Waals surface area contributed by atoms with Gasteiger partial charge in [-0.05, 0) is 42.4 Å². The third kappa shape index (κ3) is 4.74. The minimum atomic E-state index is -3.01. The molecule has 2 heterocycles. The number of hydrogen-bond donors (Lipinski definition) is 1. The second kappa shape index (κ2) is 7.53. The lowest BCUT2D eigenvalue weighted by molar-refractivity contribution is -0.119. The largest absolute Gasteiger partial charge is 0.374 e. The van der Waals surface area contributed by atoms with Crippen molar-refractivity contribution in [2.75, 3.05) is 18.1 Å². The number of ether oxygens (including phenoxy) is 1. The molecule has 0 radical (unpaired) electrons. The van der Waals surface area contributed by atoms with Crippen molar-refractivity contribution in [2.45, 2.75) is 50.7 Å². The highest BCUT2D eigenvalue weighted by Gasteiger charge is 2.46. The van der Waals surface area contributed by atoms with Crippen LogP contribution in [0, 0.1) is 0 Å². The van der Waals surface area contributed by atoms with Gasteiger partial charge in [0.2, 0.25) is 5.91 Å². The summed E-state index contributed by atoms with van der Waals surface area (Å²) in [5, 5.41) is 3.00. The Kier molecular flexibility index (Phi) is 5.53. The fraction of sp³-hybridized carbons (Fsp3) is 0.550. The molecule has 1 aromatic carbocycles. The molecule has 5 nitrogen and oxygen atoms in total. The first kappa shape index (κ1) is 19.1. The standard InChI is InChI=1S/C20H27NO4S/c1-15(2)17-6-3-16(4-7-17)5-8-19(22)21-18-9-11-25-20(13-18)10-12-26(23,24)14-20/h3-8,15,18H,9-14H2,1-2H3,(H,21,22). The Morgan fingerprint density at radius 2 is 2.04 bits per heavy atom. The highest BCUT2D eigenvalue weighted by Crippen LogP contribution is 2.35. The molecule has 2 saturated heterocycles. The Labute approximate surface area is 155 Å². The predicted octanol–water partition coefficient (Wildman–Crippen LogP) is 2.68. The van der Waals surface area contributed by atoms with E-state index in [0.717, 1.165) is 5.56 Å². The maximum atomic E-state index is 12.2. The zero-order valence-corrected chi connectivity index (χ0v) is 16.2. The molecule has 2 aliphatic rings. The van der Waals surface area contributed by atoms with E-state index >= 15 is 0 Å². The molecule has 2 unspecified atom stereocenters. The fourth-order valence-electron chi connectivity index (χ4n) is 3.73. The molecule has 1 aromatic rings. The summed E-state index contributed by atoms with van der Waals surface area (Å²) in [5.41, 5.74) is 1.64. The zero-order valence-electron chi connectivity index (χ0n) is 15.4. The summed E-state index contributed by atoms with van der Waals surface area (Å²) in [6.07, 6.45) is 5.14. The molecule has 1 N–H and O–H groups in total. The van der Waals surface area contributed by atoms with Crippen LogP contribution in [0.15, 0.2) is 30.3 Å². The number of amides is 1. The summed E-state index contributed by atoms with van der Waals surface area (Å²) in [5.74, 6) is 0.585. The van der Waals surface area contributed by atoms with Crippen LogP contribution in [-0.4, -0.2) is 44.1 Å². The summed E-state index contributed by atoms with van der Waals surface area (Å²) in [6.45, 7) is 4.78. The van der Waals surface area contributed by atoms with Gasteiger partial charge in [-0.25, -0.2) is 8.42 Å². The molecule has 2 aliphatic heterocycles. The van der Waals surface area contributed by atoms with Crippen LogP contribution in [0.5, 0.6) is 0 Å². The van der Waals surface area contributed by atoms with Gasteiger partial charge in [-0.15, -0.1) is 0 Å². The highest BCUT2D eigenvalue weighted by molar-refractivity contribution is 7.91. The van der Waals surface area contributed by atoms with Gasteiger partial charge in [0, 0.05) is 18.7 Å². The average Bonchev–Trinajstić information content (AvgIpc) is 2.87. The maximum Gasteiger partial charge on any atom is 0.244 e. The SMILES string of the molecule is CC(C)c1ccc(C=CC(=O)NC2CCOC3(CCS(=O)(=O)C3)C2)cc1. The molecule has 0 aromatic heterocycles. The number of rotatable bonds is 4. The molecule has 26 heavy (non-hydrogen) atoms. The smallest absolute Gasteiger partial charge is 0.244 e. The van der Waals surface area contributed by atoms with Crippen molar-refractivity contribution in [2.24, 2.45) is 0 Å². The van der Waals surface area contributed by atoms with Crippen LogP contribution < -0.4 is 5.32 Å². The van der Waals surface area contributed by atoms with E-state index in [9.17, 15) is 13.2 Å². The van der Waals surface area contributed by atoms with Gasteiger partial charge in [-0.2, -0.15) is 0 Å². The molecule has 0 saturated carbocycles. The van der Waals surface area contributed by atoms with Gasteiger partial charge >= 0.3 is 0 Å². The van der Waals surface area contributed by atoms with Crippen molar-refractivity contribution in [3.8, 4) is 0 Å². The van der Waals surface area contributed by atoms with E-state index in [-0.39, 0.29) is 23.5 Å². The van der Waals surface area contributed by atoms with Crippen molar-refractivity contribution < 1.29 is 17.9 Å². The van der Waals surface area contributed by atoms with Gasteiger partial charge in [0.05, 0.1) is 17.1 Å². The quantitative estimate of drug-likeness (QED) is 0.819. The van der Waals surface area contributed by atoms with Crippen LogP contribution in [0.2, 0.25) is 0 Å². The van der Waals surface area contributed by atoms with Crippen LogP contribution in [0.3, 0.4) is 0 Å². The number of carbonyl (C=O) groups excluding carboxylic acids is 1. The van der Waals surface area contributed by atoms with Crippen molar-refractivity contribution in [1.82, 2.24) is 5.32 Å². The molecule has 0 bridgehead atoms. The number of carbonyl (C=O) groups is 1. The Bertz CT molecular complexity index is 783. The van der Waals surface area contributed by atoms with Crippen molar-refractivity contribution in [3.05, 3.63) is 41.5 Å². The second-order valence-electron chi connectivity index (χ2n) is 7.73. The molecular formula is C20H27NO4S. The summed E-state index contributed by atoms with van der Waals surface area (Å²) in [4.78, 5) is 12.2. The van der Waals surface area contributed by atoms with Crippen molar-refractivity contribution in [3.63, 3.8) is 0 Å². The average molecular weight is 378 g/mol. The number of benzene rings is 1. The van der Waals surface area contributed by atoms with Gasteiger partial charge in [0.1, 0.15) is 0 Å². The molecule has 0 aliphatic carbocycles. The van der Waals surface area contributed by atoms with E-state index in [1.165, 1.54) is 11.6 Å². The minimum Gasteiger partial charge on any atom is -0.374 e. The van der Waals surface area contributed by atoms with Crippen LogP contribution in [0.1, 0.15) is 50.2 Å². The summed E-state index contributed by atoms with van der Waals surface area (Å²) in [6, 6.07) is 8.12. The van der Waals surface area contributed by atoms with E-state index in [0.29, 0.717) is 31.8 Å². The summed E-state index contributed by atoms with van der Waals surface area (Å²) < 4.78 is 29.3. The van der Waals surface area contributed by atoms with Gasteiger partial charge in [0.25, 0.3) is 0 Å². The molecule has 1 amide bonds. The molecule has 1 spiro atoms. The molecule has 2 fully saturated rings. The maximum absolute atomic E-state index is 12.2. The lowest BCUT2D eigenvalue weighted by atomic mass is 9.90. The lowest BCUT2D eigenvalue weighted by Gasteiger charge is -2.37. The number of sulfone groups is 1. The molecule has 3 rings (SSSR count). The van der Waals surface area contributed by atoms with Crippen molar-refractivity contribution in [1.29, 1.82) is 0 Å². The monoisotopic (exact) mass is 377 g/mol. The Balaban J connectivity index is 1.56. The topological polar surface area (TPSA) is 72.5 Å². The second-order valence-corrected chi connectivity index (χ2v) is 9.91. The number of hydrogen-bond acceptors (Lipinski definition) is 4. The third-order valence-electron chi connectivity index (χ3n) is 5.22. The first-order valence-corrected chi connectivity index (χ1v) is 11.0. The highest BCUT2D eigenvalue weighted by atomic mass is 32.2. The normalized spacial score (nSPS) is 28.0. The Morgan fingerprint density at radius 3 is 2.65 bits per heavy atom. The fourth-order valence-corrected chi connectivity index (χ4v) is 5.70. The van der Waals surface area contributed by atoms with E-state index < -0.39 is 15.4 Å². The van der Waals surface area contributed by atoms with Crippen LogP contribution in [0.4, 0.5) is 0 Å². The Morgan fingerprint density at radius 1 is 1.31 bits per heavy atom. The van der Waals surface area contributed by atoms with Crippen LogP contribution in [-0.2, 0) is 19.4 Å². The summed E-state index contributed by atoms with van der Waals surface area (Å²) in [7, 11) is -3.01. The number of nitrogens with one attached hydrogen (secondary N) is 1. The van der Waals surface area contributed by atoms with Gasteiger partial charge in [-0.3, -0.25) is 4.79 Å². The van der Waals surface area contributed by atoms with Gasteiger partial charge < -0.3 is 10.1 Å². The van der Waals surface area contributed by atoms with Gasteiger partial charge in [0.15, 0.2) is 9.84 Å².